The number of nitrogens with zero attached hydrogens (tertiary/aromatic N) is 2. The third kappa shape index (κ3) is 6.12. The maximum atomic E-state index is 11.8. The van der Waals surface area contributed by atoms with E-state index in [1.165, 1.54) is 0 Å². The Hall–Kier alpha value is -1.96. The minimum atomic E-state index is -0.234. The Kier molecular flexibility index (Phi) is 7.84. The van der Waals surface area contributed by atoms with Crippen molar-refractivity contribution in [1.29, 1.82) is 0 Å². The lowest BCUT2D eigenvalue weighted by Gasteiger charge is -2.19. The molecular formula is C18H24N2O4S. The Morgan fingerprint density at radius 3 is 2.88 bits per heavy atom. The quantitative estimate of drug-likeness (QED) is 0.604. The van der Waals surface area contributed by atoms with Gasteiger partial charge in [-0.3, -0.25) is 9.69 Å². The van der Waals surface area contributed by atoms with Gasteiger partial charge in [0.2, 0.25) is 0 Å². The number of methoxy groups -OCH3 is 2. The lowest BCUT2D eigenvalue weighted by molar-refractivity contribution is -0.144. The molecule has 25 heavy (non-hydrogen) atoms. The van der Waals surface area contributed by atoms with E-state index in [-0.39, 0.29) is 12.5 Å². The molecule has 0 atom stereocenters. The van der Waals surface area contributed by atoms with Gasteiger partial charge in [-0.15, -0.1) is 11.3 Å². The summed E-state index contributed by atoms with van der Waals surface area (Å²) in [6.07, 6.45) is 0. The molecule has 0 unspecified atom stereocenters. The molecule has 0 N–H and O–H groups in total. The van der Waals surface area contributed by atoms with Crippen LogP contribution in [0.5, 0.6) is 5.75 Å². The molecule has 0 radical (unpaired) electrons. The van der Waals surface area contributed by atoms with Gasteiger partial charge in [-0.2, -0.15) is 0 Å². The Bertz CT molecular complexity index is 675. The Labute approximate surface area is 152 Å². The van der Waals surface area contributed by atoms with Crippen LogP contribution in [-0.2, 0) is 20.8 Å². The molecule has 1 aromatic carbocycles. The van der Waals surface area contributed by atoms with Gasteiger partial charge >= 0.3 is 5.97 Å². The average molecular weight is 364 g/mol. The van der Waals surface area contributed by atoms with Crippen molar-refractivity contribution < 1.29 is 19.0 Å². The second-order valence-electron chi connectivity index (χ2n) is 5.38. The van der Waals surface area contributed by atoms with Gasteiger partial charge in [0.15, 0.2) is 0 Å². The highest BCUT2D eigenvalue weighted by molar-refractivity contribution is 7.13. The highest BCUT2D eigenvalue weighted by atomic mass is 32.1. The van der Waals surface area contributed by atoms with Crippen LogP contribution in [0.4, 0.5) is 0 Å². The van der Waals surface area contributed by atoms with E-state index in [2.05, 4.69) is 4.98 Å². The van der Waals surface area contributed by atoms with Crippen molar-refractivity contribution in [2.45, 2.75) is 13.5 Å². The van der Waals surface area contributed by atoms with Crippen molar-refractivity contribution in [3.63, 3.8) is 0 Å². The molecule has 2 rings (SSSR count). The minimum absolute atomic E-state index is 0.225. The number of carbonyl (C=O) groups is 1. The lowest BCUT2D eigenvalue weighted by Crippen LogP contribution is -2.33. The second kappa shape index (κ2) is 10.1. The van der Waals surface area contributed by atoms with E-state index < -0.39 is 0 Å². The molecule has 7 heteroatoms. The number of esters is 1. The third-order valence-corrected chi connectivity index (χ3v) is 4.46. The van der Waals surface area contributed by atoms with E-state index in [1.54, 1.807) is 32.5 Å². The number of thiazole rings is 1. The summed E-state index contributed by atoms with van der Waals surface area (Å²) < 4.78 is 15.4. The molecule has 0 bridgehead atoms. The molecule has 1 heterocycles. The first-order valence-electron chi connectivity index (χ1n) is 8.12. The molecule has 2 aromatic rings. The fourth-order valence-corrected chi connectivity index (χ4v) is 3.13. The molecular weight excluding hydrogens is 340 g/mol. The smallest absolute Gasteiger partial charge is 0.320 e. The largest absolute Gasteiger partial charge is 0.497 e. The fraction of sp³-hybridized carbons (Fsp3) is 0.444. The molecule has 0 aliphatic rings. The van der Waals surface area contributed by atoms with Crippen LogP contribution in [-0.4, -0.2) is 56.4 Å². The second-order valence-corrected chi connectivity index (χ2v) is 6.24. The van der Waals surface area contributed by atoms with Crippen LogP contribution in [0.25, 0.3) is 10.6 Å². The minimum Gasteiger partial charge on any atom is -0.497 e. The van der Waals surface area contributed by atoms with Crippen molar-refractivity contribution in [2.75, 3.05) is 40.5 Å². The zero-order valence-electron chi connectivity index (χ0n) is 14.9. The number of hydrogen-bond donors (Lipinski definition) is 0. The zero-order chi connectivity index (χ0) is 18.1. The Morgan fingerprint density at radius 1 is 1.32 bits per heavy atom. The lowest BCUT2D eigenvalue weighted by atomic mass is 10.2. The summed E-state index contributed by atoms with van der Waals surface area (Å²) in [5.41, 5.74) is 1.94. The van der Waals surface area contributed by atoms with Gasteiger partial charge in [-0.1, -0.05) is 12.1 Å². The third-order valence-electron chi connectivity index (χ3n) is 3.52. The van der Waals surface area contributed by atoms with Crippen LogP contribution in [0.3, 0.4) is 0 Å². The first-order valence-corrected chi connectivity index (χ1v) is 9.00. The van der Waals surface area contributed by atoms with Crippen molar-refractivity contribution in [1.82, 2.24) is 9.88 Å². The van der Waals surface area contributed by atoms with Gasteiger partial charge in [0.1, 0.15) is 10.8 Å². The summed E-state index contributed by atoms with van der Waals surface area (Å²) in [5.74, 6) is 0.570. The van der Waals surface area contributed by atoms with Gasteiger partial charge in [-0.25, -0.2) is 4.98 Å². The van der Waals surface area contributed by atoms with E-state index >= 15 is 0 Å². The zero-order valence-corrected chi connectivity index (χ0v) is 15.7. The number of aromatic nitrogens is 1. The van der Waals surface area contributed by atoms with Gasteiger partial charge in [-0.05, 0) is 19.1 Å². The van der Waals surface area contributed by atoms with Gasteiger partial charge in [0, 0.05) is 31.1 Å². The van der Waals surface area contributed by atoms with Crippen LogP contribution in [0.15, 0.2) is 29.6 Å². The predicted octanol–water partition coefficient (Wildman–Crippen LogP) is 2.83. The van der Waals surface area contributed by atoms with E-state index in [4.69, 9.17) is 14.2 Å². The van der Waals surface area contributed by atoms with E-state index in [1.807, 2.05) is 34.5 Å². The van der Waals surface area contributed by atoms with Crippen LogP contribution in [0.1, 0.15) is 12.6 Å². The van der Waals surface area contributed by atoms with Crippen molar-refractivity contribution in [3.05, 3.63) is 35.3 Å². The van der Waals surface area contributed by atoms with Crippen LogP contribution < -0.4 is 4.74 Å². The molecule has 0 saturated carbocycles. The molecule has 0 saturated heterocycles. The molecule has 0 spiro atoms. The maximum Gasteiger partial charge on any atom is 0.320 e. The summed E-state index contributed by atoms with van der Waals surface area (Å²) in [5, 5.41) is 2.94. The van der Waals surface area contributed by atoms with E-state index in [9.17, 15) is 4.79 Å². The number of carbonyl (C=O) groups excluding carboxylic acids is 1. The normalized spacial score (nSPS) is 10.9. The number of benzene rings is 1. The summed E-state index contributed by atoms with van der Waals surface area (Å²) >= 11 is 1.58. The molecule has 0 aliphatic heterocycles. The summed E-state index contributed by atoms with van der Waals surface area (Å²) in [6.45, 7) is 4.17. The van der Waals surface area contributed by atoms with Gasteiger partial charge < -0.3 is 14.2 Å². The fourth-order valence-electron chi connectivity index (χ4n) is 2.32. The Morgan fingerprint density at radius 2 is 2.16 bits per heavy atom. The first-order chi connectivity index (χ1) is 12.2. The maximum absolute atomic E-state index is 11.8. The monoisotopic (exact) mass is 364 g/mol. The predicted molar refractivity (Wildman–Crippen MR) is 97.9 cm³/mol. The number of hydrogen-bond acceptors (Lipinski definition) is 7. The molecule has 0 aliphatic carbocycles. The topological polar surface area (TPSA) is 60.9 Å². The van der Waals surface area contributed by atoms with E-state index in [0.29, 0.717) is 26.3 Å². The number of ether oxygens (including phenoxy) is 3. The molecule has 1 aromatic heterocycles. The van der Waals surface area contributed by atoms with Crippen molar-refractivity contribution in [3.8, 4) is 16.3 Å². The number of rotatable bonds is 10. The van der Waals surface area contributed by atoms with Crippen molar-refractivity contribution in [2.24, 2.45) is 0 Å². The molecule has 0 amide bonds. The van der Waals surface area contributed by atoms with Gasteiger partial charge in [0.05, 0.1) is 32.6 Å². The first kappa shape index (κ1) is 19.4. The van der Waals surface area contributed by atoms with Crippen LogP contribution in [0.2, 0.25) is 0 Å². The van der Waals surface area contributed by atoms with Crippen molar-refractivity contribution >= 4 is 17.3 Å². The standard InChI is InChI=1S/C18H24N2O4S/c1-4-24-17(21)12-20(8-9-22-2)11-15-13-25-18(19-15)14-6-5-7-16(10-14)23-3/h5-7,10,13H,4,8-9,11-12H2,1-3H3. The van der Waals surface area contributed by atoms with Crippen LogP contribution >= 0.6 is 11.3 Å². The van der Waals surface area contributed by atoms with Gasteiger partial charge in [0.25, 0.3) is 0 Å². The summed E-state index contributed by atoms with van der Waals surface area (Å²) in [4.78, 5) is 18.4. The molecule has 136 valence electrons. The average Bonchev–Trinajstić information content (AvgIpc) is 3.08. The molecule has 0 fully saturated rings. The van der Waals surface area contributed by atoms with E-state index in [0.717, 1.165) is 22.0 Å². The Balaban J connectivity index is 2.06. The summed E-state index contributed by atoms with van der Waals surface area (Å²) in [6, 6.07) is 7.82. The van der Waals surface area contributed by atoms with Crippen LogP contribution in [0, 0.1) is 0 Å². The molecule has 6 nitrogen and oxygen atoms in total. The highest BCUT2D eigenvalue weighted by Gasteiger charge is 2.14. The SMILES string of the molecule is CCOC(=O)CN(CCOC)Cc1csc(-c2cccc(OC)c2)n1. The summed E-state index contributed by atoms with van der Waals surface area (Å²) in [7, 11) is 3.29. The highest BCUT2D eigenvalue weighted by Crippen LogP contribution is 2.27.